The van der Waals surface area contributed by atoms with Crippen LogP contribution in [0.2, 0.25) is 0 Å². The smallest absolute Gasteiger partial charge is 0.383 e. The highest BCUT2D eigenvalue weighted by molar-refractivity contribution is 8.15. The normalized spacial score (nSPS) is 9.50. The Kier molecular flexibility index (Phi) is 3.53. The first-order valence-electron chi connectivity index (χ1n) is 3.72. The molecule has 0 amide bonds. The first-order chi connectivity index (χ1) is 6.63. The van der Waals surface area contributed by atoms with Crippen LogP contribution in [-0.2, 0) is 9.59 Å². The fraction of sp³-hybridized carbons (Fsp3) is 0.111. The number of benzene rings is 1. The molecule has 0 saturated heterocycles. The lowest BCUT2D eigenvalue weighted by Crippen LogP contribution is -2.06. The van der Waals surface area contributed by atoms with Crippen molar-refractivity contribution < 1.29 is 19.4 Å². The summed E-state index contributed by atoms with van der Waals surface area (Å²) in [6.45, 7) is 0. The van der Waals surface area contributed by atoms with Crippen LogP contribution in [0.4, 0.5) is 0 Å². The number of hydrogen-bond donors (Lipinski definition) is 1. The number of thioether (sulfide) groups is 1. The van der Waals surface area contributed by atoms with Crippen molar-refractivity contribution in [2.75, 3.05) is 7.11 Å². The van der Waals surface area contributed by atoms with E-state index in [1.165, 1.54) is 7.11 Å². The second-order valence-electron chi connectivity index (χ2n) is 2.37. The maximum atomic E-state index is 10.8. The minimum absolute atomic E-state index is 0.582. The van der Waals surface area contributed by atoms with Gasteiger partial charge in [0.15, 0.2) is 0 Å². The van der Waals surface area contributed by atoms with Crippen LogP contribution in [0.3, 0.4) is 0 Å². The molecule has 1 N–H and O–H groups in total. The number of ether oxygens (including phenoxy) is 1. The zero-order chi connectivity index (χ0) is 10.6. The van der Waals surface area contributed by atoms with Crippen molar-refractivity contribution in [1.29, 1.82) is 0 Å². The van der Waals surface area contributed by atoms with Gasteiger partial charge in [-0.1, -0.05) is 0 Å². The van der Waals surface area contributed by atoms with Gasteiger partial charge in [-0.05, 0) is 36.0 Å². The molecule has 0 aliphatic carbocycles. The molecule has 0 saturated carbocycles. The Morgan fingerprint density at radius 2 is 1.86 bits per heavy atom. The molecule has 0 fully saturated rings. The number of hydrogen-bond acceptors (Lipinski definition) is 4. The number of carbonyl (C=O) groups is 2. The third kappa shape index (κ3) is 2.77. The molecule has 0 spiro atoms. The second kappa shape index (κ2) is 4.66. The molecule has 0 unspecified atom stereocenters. The summed E-state index contributed by atoms with van der Waals surface area (Å²) in [6.07, 6.45) is 0. The van der Waals surface area contributed by atoms with E-state index in [2.05, 4.69) is 0 Å². The van der Waals surface area contributed by atoms with E-state index in [1.807, 2.05) is 0 Å². The summed E-state index contributed by atoms with van der Waals surface area (Å²) in [5, 5.41) is 7.46. The van der Waals surface area contributed by atoms with Gasteiger partial charge in [0.25, 0.3) is 0 Å². The van der Waals surface area contributed by atoms with Crippen LogP contribution in [0.1, 0.15) is 0 Å². The maximum Gasteiger partial charge on any atom is 0.383 e. The monoisotopic (exact) mass is 212 g/mol. The van der Waals surface area contributed by atoms with Crippen molar-refractivity contribution in [3.8, 4) is 5.75 Å². The lowest BCUT2D eigenvalue weighted by atomic mass is 10.3. The molecule has 74 valence electrons. The molecule has 0 bridgehead atoms. The first kappa shape index (κ1) is 10.6. The minimum atomic E-state index is -1.44. The lowest BCUT2D eigenvalue weighted by molar-refractivity contribution is -0.144. The van der Waals surface area contributed by atoms with Crippen molar-refractivity contribution in [3.63, 3.8) is 0 Å². The zero-order valence-corrected chi connectivity index (χ0v) is 8.21. The fourth-order valence-electron chi connectivity index (χ4n) is 0.794. The van der Waals surface area contributed by atoms with E-state index in [9.17, 15) is 9.59 Å². The summed E-state index contributed by atoms with van der Waals surface area (Å²) in [5.41, 5.74) is 0. The van der Waals surface area contributed by atoms with Gasteiger partial charge in [-0.3, -0.25) is 4.79 Å². The number of methoxy groups -OCH3 is 1. The van der Waals surface area contributed by atoms with E-state index in [-0.39, 0.29) is 0 Å². The molecule has 1 rings (SSSR count). The molecule has 0 aromatic heterocycles. The Morgan fingerprint density at radius 3 is 2.29 bits per heavy atom. The predicted molar refractivity (Wildman–Crippen MR) is 51.5 cm³/mol. The number of carboxylic acids is 1. The molecule has 5 heteroatoms. The molecule has 0 atom stereocenters. The van der Waals surface area contributed by atoms with Gasteiger partial charge >= 0.3 is 11.1 Å². The van der Waals surface area contributed by atoms with Crippen molar-refractivity contribution in [3.05, 3.63) is 24.3 Å². The van der Waals surface area contributed by atoms with Gasteiger partial charge in [0.2, 0.25) is 0 Å². The summed E-state index contributed by atoms with van der Waals surface area (Å²) in [4.78, 5) is 21.6. The van der Waals surface area contributed by atoms with E-state index >= 15 is 0 Å². The molecular formula is C9H8O4S. The van der Waals surface area contributed by atoms with Gasteiger partial charge in [0.1, 0.15) is 5.75 Å². The summed E-state index contributed by atoms with van der Waals surface area (Å²) < 4.78 is 4.91. The fourth-order valence-corrected chi connectivity index (χ4v) is 1.37. The molecule has 0 radical (unpaired) electrons. The number of carboxylic acid groups (broad SMARTS) is 1. The highest BCUT2D eigenvalue weighted by Gasteiger charge is 2.12. The van der Waals surface area contributed by atoms with Crippen LogP contribution in [0, 0.1) is 0 Å². The molecule has 0 heterocycles. The Labute approximate surface area is 84.9 Å². The third-order valence-electron chi connectivity index (χ3n) is 1.44. The van der Waals surface area contributed by atoms with Crippen molar-refractivity contribution >= 4 is 22.8 Å². The van der Waals surface area contributed by atoms with E-state index in [1.54, 1.807) is 24.3 Å². The number of carbonyl (C=O) groups excluding carboxylic acids is 1. The van der Waals surface area contributed by atoms with E-state index in [0.717, 1.165) is 0 Å². The predicted octanol–water partition coefficient (Wildman–Crippen LogP) is 1.40. The summed E-state index contributed by atoms with van der Waals surface area (Å²) in [7, 11) is 1.53. The Balaban J connectivity index is 2.69. The van der Waals surface area contributed by atoms with Gasteiger partial charge < -0.3 is 9.84 Å². The molecule has 14 heavy (non-hydrogen) atoms. The molecule has 0 aliphatic heterocycles. The molecule has 0 aliphatic rings. The highest BCUT2D eigenvalue weighted by atomic mass is 32.2. The van der Waals surface area contributed by atoms with Crippen LogP contribution in [0.25, 0.3) is 0 Å². The van der Waals surface area contributed by atoms with Crippen LogP contribution >= 0.6 is 11.8 Å². The number of aliphatic carboxylic acids is 1. The third-order valence-corrected chi connectivity index (χ3v) is 2.31. The largest absolute Gasteiger partial charge is 0.497 e. The topological polar surface area (TPSA) is 63.6 Å². The maximum absolute atomic E-state index is 10.8. The molecule has 4 nitrogen and oxygen atoms in total. The minimum Gasteiger partial charge on any atom is -0.497 e. The van der Waals surface area contributed by atoms with Gasteiger partial charge in [0.05, 0.1) is 7.11 Å². The standard InChI is InChI=1S/C9H8O4S/c1-13-6-2-4-7(5-3-6)14-9(12)8(10)11/h2-5H,1H3,(H,10,11). The van der Waals surface area contributed by atoms with Gasteiger partial charge in [-0.2, -0.15) is 0 Å². The second-order valence-corrected chi connectivity index (χ2v) is 3.42. The van der Waals surface area contributed by atoms with E-state index < -0.39 is 11.1 Å². The van der Waals surface area contributed by atoms with Gasteiger partial charge in [-0.25, -0.2) is 4.79 Å². The van der Waals surface area contributed by atoms with E-state index in [4.69, 9.17) is 9.84 Å². The van der Waals surface area contributed by atoms with E-state index in [0.29, 0.717) is 22.4 Å². The van der Waals surface area contributed by atoms with Crippen molar-refractivity contribution in [2.24, 2.45) is 0 Å². The highest BCUT2D eigenvalue weighted by Crippen LogP contribution is 2.21. The van der Waals surface area contributed by atoms with Crippen LogP contribution in [-0.4, -0.2) is 23.3 Å². The van der Waals surface area contributed by atoms with Crippen molar-refractivity contribution in [2.45, 2.75) is 4.90 Å². The average molecular weight is 212 g/mol. The molecular weight excluding hydrogens is 204 g/mol. The summed E-state index contributed by atoms with van der Waals surface area (Å²) in [5.74, 6) is -0.775. The summed E-state index contributed by atoms with van der Waals surface area (Å²) in [6, 6.07) is 6.59. The van der Waals surface area contributed by atoms with Crippen LogP contribution in [0.5, 0.6) is 5.75 Å². The summed E-state index contributed by atoms with van der Waals surface area (Å²) >= 11 is 0.677. The van der Waals surface area contributed by atoms with Gasteiger partial charge in [-0.15, -0.1) is 0 Å². The first-order valence-corrected chi connectivity index (χ1v) is 4.54. The van der Waals surface area contributed by atoms with Crippen molar-refractivity contribution in [1.82, 2.24) is 0 Å². The van der Waals surface area contributed by atoms with Crippen LogP contribution < -0.4 is 4.74 Å². The quantitative estimate of drug-likeness (QED) is 0.593. The lowest BCUT2D eigenvalue weighted by Gasteiger charge is -2.00. The Bertz CT molecular complexity index is 344. The SMILES string of the molecule is COc1ccc(SC(=O)C(=O)O)cc1. The molecule has 1 aromatic carbocycles. The number of rotatable bonds is 2. The van der Waals surface area contributed by atoms with Crippen LogP contribution in [0.15, 0.2) is 29.2 Å². The average Bonchev–Trinajstić information content (AvgIpc) is 2.19. The van der Waals surface area contributed by atoms with Gasteiger partial charge in [0, 0.05) is 4.90 Å². The zero-order valence-electron chi connectivity index (χ0n) is 7.39. The molecule has 1 aromatic rings. The Morgan fingerprint density at radius 1 is 1.29 bits per heavy atom. The Hall–Kier alpha value is -1.49.